The maximum atomic E-state index is 9.63. The van der Waals surface area contributed by atoms with Crippen LogP contribution in [0.4, 0.5) is 5.69 Å². The Hall–Kier alpha value is -1.88. The molecule has 0 saturated heterocycles. The summed E-state index contributed by atoms with van der Waals surface area (Å²) in [7, 11) is 0. The van der Waals surface area contributed by atoms with Crippen molar-refractivity contribution in [2.24, 2.45) is 0 Å². The Morgan fingerprint density at radius 2 is 2.05 bits per heavy atom. The summed E-state index contributed by atoms with van der Waals surface area (Å²) < 4.78 is 0. The second-order valence-electron chi connectivity index (χ2n) is 4.62. The lowest BCUT2D eigenvalue weighted by Gasteiger charge is -2.25. The van der Waals surface area contributed by atoms with Gasteiger partial charge in [0.15, 0.2) is 5.82 Å². The van der Waals surface area contributed by atoms with Crippen molar-refractivity contribution in [2.75, 3.05) is 11.4 Å². The molecule has 19 heavy (non-hydrogen) atoms. The highest BCUT2D eigenvalue weighted by atomic mass is 16.3. The predicted molar refractivity (Wildman–Crippen MR) is 74.9 cm³/mol. The highest BCUT2D eigenvalue weighted by molar-refractivity contribution is 5.46. The zero-order chi connectivity index (χ0) is 13.7. The van der Waals surface area contributed by atoms with Crippen LogP contribution in [0, 0.1) is 0 Å². The average molecular weight is 260 g/mol. The number of H-pyrrole nitrogens is 1. The van der Waals surface area contributed by atoms with Crippen molar-refractivity contribution >= 4 is 5.69 Å². The Balaban J connectivity index is 2.14. The lowest BCUT2D eigenvalue weighted by Crippen LogP contribution is -2.30. The van der Waals surface area contributed by atoms with Crippen LogP contribution in [0.5, 0.6) is 0 Å². The molecule has 0 amide bonds. The van der Waals surface area contributed by atoms with Crippen LogP contribution in [-0.2, 0) is 13.0 Å². The zero-order valence-electron chi connectivity index (χ0n) is 11.4. The summed E-state index contributed by atoms with van der Waals surface area (Å²) in [5.74, 6) is 1.64. The summed E-state index contributed by atoms with van der Waals surface area (Å²) >= 11 is 0. The zero-order valence-corrected chi connectivity index (χ0v) is 11.4. The van der Waals surface area contributed by atoms with Crippen LogP contribution in [0.2, 0.25) is 0 Å². The van der Waals surface area contributed by atoms with Gasteiger partial charge in [-0.1, -0.05) is 25.1 Å². The molecule has 1 aromatic heterocycles. The molecular formula is C14H20N4O. The maximum Gasteiger partial charge on any atom is 0.150 e. The number of nitrogens with one attached hydrogen (secondary N) is 1. The van der Waals surface area contributed by atoms with E-state index in [2.05, 4.69) is 20.1 Å². The number of aromatic amines is 1. The SMILES string of the molecule is CCc1n[nH]c(CN(CC(C)O)c2ccccc2)n1. The Bertz CT molecular complexity index is 495. The van der Waals surface area contributed by atoms with Gasteiger partial charge in [-0.25, -0.2) is 4.98 Å². The van der Waals surface area contributed by atoms with E-state index in [1.165, 1.54) is 0 Å². The van der Waals surface area contributed by atoms with E-state index in [9.17, 15) is 5.11 Å². The van der Waals surface area contributed by atoms with Gasteiger partial charge in [-0.3, -0.25) is 5.10 Å². The minimum absolute atomic E-state index is 0.395. The highest BCUT2D eigenvalue weighted by Crippen LogP contribution is 2.16. The van der Waals surface area contributed by atoms with Gasteiger partial charge in [-0.05, 0) is 19.1 Å². The average Bonchev–Trinajstić information content (AvgIpc) is 2.86. The van der Waals surface area contributed by atoms with Crippen LogP contribution in [0.3, 0.4) is 0 Å². The Kier molecular flexibility index (Phi) is 4.52. The van der Waals surface area contributed by atoms with E-state index >= 15 is 0 Å². The fraction of sp³-hybridized carbons (Fsp3) is 0.429. The van der Waals surface area contributed by atoms with Crippen molar-refractivity contribution in [1.29, 1.82) is 0 Å². The van der Waals surface area contributed by atoms with Gasteiger partial charge >= 0.3 is 0 Å². The Morgan fingerprint density at radius 3 is 2.63 bits per heavy atom. The van der Waals surface area contributed by atoms with Crippen LogP contribution >= 0.6 is 0 Å². The Morgan fingerprint density at radius 1 is 1.32 bits per heavy atom. The molecule has 2 N–H and O–H groups in total. The van der Waals surface area contributed by atoms with Crippen molar-refractivity contribution in [1.82, 2.24) is 15.2 Å². The predicted octanol–water partition coefficient (Wildman–Crippen LogP) is 1.75. The second kappa shape index (κ2) is 6.33. The summed E-state index contributed by atoms with van der Waals surface area (Å²) in [5, 5.41) is 16.7. The summed E-state index contributed by atoms with van der Waals surface area (Å²) in [6.45, 7) is 4.99. The smallest absolute Gasteiger partial charge is 0.150 e. The molecule has 0 spiro atoms. The van der Waals surface area contributed by atoms with Crippen LogP contribution in [0.1, 0.15) is 25.5 Å². The number of aliphatic hydroxyl groups is 1. The molecule has 0 saturated carbocycles. The molecule has 5 nitrogen and oxygen atoms in total. The molecule has 1 atom stereocenters. The van der Waals surface area contributed by atoms with Crippen molar-refractivity contribution in [3.8, 4) is 0 Å². The molecule has 0 fully saturated rings. The number of aryl methyl sites for hydroxylation is 1. The number of aromatic nitrogens is 3. The first-order valence-electron chi connectivity index (χ1n) is 6.57. The monoisotopic (exact) mass is 260 g/mol. The molecule has 0 aliphatic rings. The molecule has 5 heteroatoms. The molecule has 2 rings (SSSR count). The number of hydrogen-bond donors (Lipinski definition) is 2. The maximum absolute atomic E-state index is 9.63. The minimum Gasteiger partial charge on any atom is -0.392 e. The first-order chi connectivity index (χ1) is 9.19. The molecule has 102 valence electrons. The van der Waals surface area contributed by atoms with Crippen LogP contribution in [0.15, 0.2) is 30.3 Å². The lowest BCUT2D eigenvalue weighted by atomic mass is 10.2. The Labute approximate surface area is 113 Å². The summed E-state index contributed by atoms with van der Waals surface area (Å²) in [6.07, 6.45) is 0.423. The van der Waals surface area contributed by atoms with Gasteiger partial charge in [0.1, 0.15) is 5.82 Å². The standard InChI is InChI=1S/C14H20N4O/c1-3-13-15-14(17-16-13)10-18(9-11(2)19)12-7-5-4-6-8-12/h4-8,11,19H,3,9-10H2,1-2H3,(H,15,16,17). The fourth-order valence-corrected chi connectivity index (χ4v) is 1.96. The van der Waals surface area contributed by atoms with Gasteiger partial charge in [0.25, 0.3) is 0 Å². The van der Waals surface area contributed by atoms with Crippen molar-refractivity contribution in [3.63, 3.8) is 0 Å². The van der Waals surface area contributed by atoms with Gasteiger partial charge in [0.05, 0.1) is 12.6 Å². The van der Waals surface area contributed by atoms with E-state index < -0.39 is 6.10 Å². The van der Waals surface area contributed by atoms with Crippen molar-refractivity contribution in [2.45, 2.75) is 32.9 Å². The number of para-hydroxylation sites is 1. The molecule has 2 aromatic rings. The highest BCUT2D eigenvalue weighted by Gasteiger charge is 2.12. The van der Waals surface area contributed by atoms with Gasteiger partial charge in [0, 0.05) is 18.7 Å². The number of nitrogens with zero attached hydrogens (tertiary/aromatic N) is 3. The van der Waals surface area contributed by atoms with Crippen LogP contribution < -0.4 is 4.90 Å². The molecule has 0 bridgehead atoms. The number of rotatable bonds is 6. The van der Waals surface area contributed by atoms with Gasteiger partial charge in [-0.2, -0.15) is 5.10 Å². The minimum atomic E-state index is -0.395. The quantitative estimate of drug-likeness (QED) is 0.830. The molecule has 1 unspecified atom stereocenters. The number of benzene rings is 1. The largest absolute Gasteiger partial charge is 0.392 e. The first kappa shape index (κ1) is 13.5. The third-order valence-electron chi connectivity index (χ3n) is 2.84. The third kappa shape index (κ3) is 3.79. The van der Waals surface area contributed by atoms with Crippen molar-refractivity contribution < 1.29 is 5.11 Å². The van der Waals surface area contributed by atoms with Crippen LogP contribution in [-0.4, -0.2) is 32.9 Å². The molecule has 0 aliphatic carbocycles. The van der Waals surface area contributed by atoms with Crippen molar-refractivity contribution in [3.05, 3.63) is 42.0 Å². The molecule has 1 aromatic carbocycles. The van der Waals surface area contributed by atoms with E-state index in [-0.39, 0.29) is 0 Å². The summed E-state index contributed by atoms with van der Waals surface area (Å²) in [5.41, 5.74) is 1.07. The van der Waals surface area contributed by atoms with E-state index in [1.807, 2.05) is 37.3 Å². The first-order valence-corrected chi connectivity index (χ1v) is 6.57. The number of aliphatic hydroxyl groups excluding tert-OH is 1. The normalized spacial score (nSPS) is 12.4. The van der Waals surface area contributed by atoms with Gasteiger partial charge in [-0.15, -0.1) is 0 Å². The molecule has 0 aliphatic heterocycles. The van der Waals surface area contributed by atoms with E-state index in [1.54, 1.807) is 6.92 Å². The molecule has 1 heterocycles. The second-order valence-corrected chi connectivity index (χ2v) is 4.62. The van der Waals surface area contributed by atoms with Crippen LogP contribution in [0.25, 0.3) is 0 Å². The lowest BCUT2D eigenvalue weighted by molar-refractivity contribution is 0.199. The topological polar surface area (TPSA) is 65.0 Å². The fourth-order valence-electron chi connectivity index (χ4n) is 1.96. The van der Waals surface area contributed by atoms with E-state index in [4.69, 9.17) is 0 Å². The van der Waals surface area contributed by atoms with E-state index in [0.29, 0.717) is 13.1 Å². The third-order valence-corrected chi connectivity index (χ3v) is 2.84. The summed E-state index contributed by atoms with van der Waals surface area (Å²) in [4.78, 5) is 6.50. The number of hydrogen-bond acceptors (Lipinski definition) is 4. The van der Waals surface area contributed by atoms with E-state index in [0.717, 1.165) is 23.8 Å². The van der Waals surface area contributed by atoms with Gasteiger partial charge in [0.2, 0.25) is 0 Å². The number of anilines is 1. The summed E-state index contributed by atoms with van der Waals surface area (Å²) in [6, 6.07) is 10.0. The molecular weight excluding hydrogens is 240 g/mol. The van der Waals surface area contributed by atoms with Gasteiger partial charge < -0.3 is 10.0 Å². The molecule has 0 radical (unpaired) electrons.